The second kappa shape index (κ2) is 9.48. The smallest absolute Gasteiger partial charge is 0.342 e. The van der Waals surface area contributed by atoms with Gasteiger partial charge >= 0.3 is 5.97 Å². The average molecular weight is 466 g/mol. The van der Waals surface area contributed by atoms with E-state index in [4.69, 9.17) is 10.5 Å². The van der Waals surface area contributed by atoms with Crippen molar-refractivity contribution in [3.63, 3.8) is 0 Å². The standard InChI is InChI=1S/C20H18N8O4S/c1-32-16-11(18(30)31)8-22-20(27-16)26-15(29)12(7-10-5-3-2-4-6-10)33-17-13-14(24-9-23-13)25-19(21)28-17/h2-6,8-9,12H,7H2,1H3,(H,30,31)(H,22,26,27,29)(H3,21,23,24,25,28)/t12-/m0/s1. The Morgan fingerprint density at radius 1 is 1.21 bits per heavy atom. The maximum Gasteiger partial charge on any atom is 0.342 e. The number of aromatic carboxylic acids is 1. The van der Waals surface area contributed by atoms with Gasteiger partial charge in [0.2, 0.25) is 23.7 Å². The number of methoxy groups -OCH3 is 1. The summed E-state index contributed by atoms with van der Waals surface area (Å²) in [6.45, 7) is 0. The van der Waals surface area contributed by atoms with Crippen LogP contribution in [0.3, 0.4) is 0 Å². The zero-order chi connectivity index (χ0) is 23.4. The Morgan fingerprint density at radius 3 is 2.73 bits per heavy atom. The fraction of sp³-hybridized carbons (Fsp3) is 0.150. The number of nitrogens with one attached hydrogen (secondary N) is 2. The number of H-pyrrole nitrogens is 1. The molecule has 168 valence electrons. The van der Waals surface area contributed by atoms with Gasteiger partial charge in [-0.2, -0.15) is 9.97 Å². The van der Waals surface area contributed by atoms with Crippen molar-refractivity contribution in [2.45, 2.75) is 16.7 Å². The predicted molar refractivity (Wildman–Crippen MR) is 120 cm³/mol. The molecule has 0 fully saturated rings. The van der Waals surface area contributed by atoms with Gasteiger partial charge in [-0.05, 0) is 12.0 Å². The molecule has 12 nitrogen and oxygen atoms in total. The Bertz CT molecular complexity index is 1310. The van der Waals surface area contributed by atoms with Crippen LogP contribution in [-0.4, -0.2) is 59.2 Å². The zero-order valence-electron chi connectivity index (χ0n) is 17.2. The number of fused-ring (bicyclic) bond motifs is 1. The number of carbonyl (C=O) groups is 2. The number of benzene rings is 1. The number of anilines is 2. The topological polar surface area (TPSA) is 182 Å². The molecule has 0 bridgehead atoms. The van der Waals surface area contributed by atoms with Gasteiger partial charge in [0.1, 0.15) is 16.1 Å². The number of aromatic amines is 1. The lowest BCUT2D eigenvalue weighted by Gasteiger charge is -2.16. The van der Waals surface area contributed by atoms with Crippen LogP contribution in [0.2, 0.25) is 0 Å². The summed E-state index contributed by atoms with van der Waals surface area (Å²) in [4.78, 5) is 47.8. The number of nitrogens with two attached hydrogens (primary N) is 1. The minimum Gasteiger partial charge on any atom is -0.480 e. The van der Waals surface area contributed by atoms with Crippen LogP contribution in [0.25, 0.3) is 11.2 Å². The zero-order valence-corrected chi connectivity index (χ0v) is 18.0. The van der Waals surface area contributed by atoms with Crippen molar-refractivity contribution < 1.29 is 19.4 Å². The number of hydrogen-bond donors (Lipinski definition) is 4. The summed E-state index contributed by atoms with van der Waals surface area (Å²) in [6.07, 6.45) is 2.91. The predicted octanol–water partition coefficient (Wildman–Crippen LogP) is 1.77. The first kappa shape index (κ1) is 22.0. The summed E-state index contributed by atoms with van der Waals surface area (Å²) in [6, 6.07) is 9.45. The molecule has 4 aromatic rings. The molecule has 1 atom stereocenters. The number of nitrogen functional groups attached to an aromatic ring is 1. The lowest BCUT2D eigenvalue weighted by atomic mass is 10.1. The number of aromatic nitrogens is 6. The van der Waals surface area contributed by atoms with Gasteiger partial charge in [-0.15, -0.1) is 0 Å². The third kappa shape index (κ3) is 4.98. The van der Waals surface area contributed by atoms with Crippen LogP contribution in [0.15, 0.2) is 47.9 Å². The van der Waals surface area contributed by atoms with Crippen molar-refractivity contribution in [2.24, 2.45) is 0 Å². The Balaban J connectivity index is 1.63. The van der Waals surface area contributed by atoms with E-state index in [1.165, 1.54) is 25.2 Å². The van der Waals surface area contributed by atoms with E-state index >= 15 is 0 Å². The van der Waals surface area contributed by atoms with Crippen LogP contribution >= 0.6 is 11.8 Å². The molecule has 0 saturated carbocycles. The van der Waals surface area contributed by atoms with E-state index in [1.807, 2.05) is 30.3 Å². The molecular weight excluding hydrogens is 448 g/mol. The Morgan fingerprint density at radius 2 is 2.00 bits per heavy atom. The van der Waals surface area contributed by atoms with Crippen LogP contribution in [0.1, 0.15) is 15.9 Å². The van der Waals surface area contributed by atoms with Crippen molar-refractivity contribution in [3.8, 4) is 5.88 Å². The van der Waals surface area contributed by atoms with Crippen LogP contribution in [0, 0.1) is 0 Å². The quantitative estimate of drug-likeness (QED) is 0.219. The number of ether oxygens (including phenoxy) is 1. The minimum absolute atomic E-state index is 0.0355. The molecular formula is C20H18N8O4S. The summed E-state index contributed by atoms with van der Waals surface area (Å²) in [5, 5.41) is 11.6. The van der Waals surface area contributed by atoms with E-state index in [0.717, 1.165) is 11.8 Å². The second-order valence-corrected chi connectivity index (χ2v) is 7.89. The van der Waals surface area contributed by atoms with Gasteiger partial charge < -0.3 is 20.6 Å². The van der Waals surface area contributed by atoms with Crippen LogP contribution in [0.4, 0.5) is 11.9 Å². The highest BCUT2D eigenvalue weighted by molar-refractivity contribution is 8.00. The fourth-order valence-electron chi connectivity index (χ4n) is 2.98. The molecule has 0 saturated heterocycles. The molecule has 0 unspecified atom stereocenters. The lowest BCUT2D eigenvalue weighted by Crippen LogP contribution is -2.28. The molecule has 1 amide bonds. The van der Waals surface area contributed by atoms with Crippen LogP contribution in [0.5, 0.6) is 5.88 Å². The monoisotopic (exact) mass is 466 g/mol. The number of thioether (sulfide) groups is 1. The van der Waals surface area contributed by atoms with Gasteiger partial charge in [0.15, 0.2) is 5.65 Å². The van der Waals surface area contributed by atoms with Gasteiger partial charge in [0.25, 0.3) is 0 Å². The number of imidazole rings is 1. The number of nitrogens with zero attached hydrogens (tertiary/aromatic N) is 5. The lowest BCUT2D eigenvalue weighted by molar-refractivity contribution is -0.115. The van der Waals surface area contributed by atoms with Gasteiger partial charge in [0.05, 0.1) is 24.9 Å². The Hall–Kier alpha value is -4.26. The van der Waals surface area contributed by atoms with E-state index in [1.54, 1.807) is 0 Å². The molecule has 4 rings (SSSR count). The number of rotatable bonds is 8. The van der Waals surface area contributed by atoms with Crippen molar-refractivity contribution in [1.82, 2.24) is 29.9 Å². The molecule has 1 aromatic carbocycles. The third-order valence-electron chi connectivity index (χ3n) is 4.49. The van der Waals surface area contributed by atoms with E-state index in [9.17, 15) is 14.7 Å². The molecule has 13 heteroatoms. The number of amides is 1. The maximum absolute atomic E-state index is 13.2. The first-order valence-corrected chi connectivity index (χ1v) is 10.4. The van der Waals surface area contributed by atoms with Crippen LogP contribution in [-0.2, 0) is 11.2 Å². The summed E-state index contributed by atoms with van der Waals surface area (Å²) in [5.74, 6) is -1.88. The summed E-state index contributed by atoms with van der Waals surface area (Å²) < 4.78 is 5.00. The number of carbonyl (C=O) groups excluding carboxylic acids is 1. The molecule has 0 aliphatic carbocycles. The summed E-state index contributed by atoms with van der Waals surface area (Å²) in [5.41, 5.74) is 7.46. The van der Waals surface area contributed by atoms with Crippen molar-refractivity contribution in [1.29, 1.82) is 0 Å². The normalized spacial score (nSPS) is 11.8. The molecule has 33 heavy (non-hydrogen) atoms. The molecule has 5 N–H and O–H groups in total. The molecule has 0 spiro atoms. The van der Waals surface area contributed by atoms with Crippen molar-refractivity contribution >= 4 is 46.7 Å². The summed E-state index contributed by atoms with van der Waals surface area (Å²) >= 11 is 1.18. The number of carboxylic acids is 1. The van der Waals surface area contributed by atoms with Crippen LogP contribution < -0.4 is 15.8 Å². The molecule has 3 aromatic heterocycles. The maximum atomic E-state index is 13.2. The van der Waals surface area contributed by atoms with E-state index in [0.29, 0.717) is 22.6 Å². The summed E-state index contributed by atoms with van der Waals surface area (Å²) in [7, 11) is 1.28. The largest absolute Gasteiger partial charge is 0.480 e. The minimum atomic E-state index is -1.24. The SMILES string of the molecule is COc1nc(NC(=O)[C@H](Cc2ccccc2)Sc2nc(N)nc3nc[nH]c23)ncc1C(=O)O. The molecule has 0 aliphatic heterocycles. The highest BCUT2D eigenvalue weighted by Gasteiger charge is 2.25. The highest BCUT2D eigenvalue weighted by Crippen LogP contribution is 2.30. The fourth-order valence-corrected chi connectivity index (χ4v) is 4.10. The Kier molecular flexibility index (Phi) is 6.31. The molecule has 0 aliphatic rings. The van der Waals surface area contributed by atoms with Gasteiger partial charge in [-0.3, -0.25) is 10.1 Å². The van der Waals surface area contributed by atoms with E-state index < -0.39 is 17.1 Å². The van der Waals surface area contributed by atoms with Crippen molar-refractivity contribution in [3.05, 3.63) is 54.0 Å². The first-order valence-electron chi connectivity index (χ1n) is 9.57. The van der Waals surface area contributed by atoms with Gasteiger partial charge in [0, 0.05) is 0 Å². The van der Waals surface area contributed by atoms with Crippen molar-refractivity contribution in [2.75, 3.05) is 18.2 Å². The first-order chi connectivity index (χ1) is 15.9. The molecule has 0 radical (unpaired) electrons. The second-order valence-electron chi connectivity index (χ2n) is 6.70. The van der Waals surface area contributed by atoms with Gasteiger partial charge in [-0.25, -0.2) is 19.7 Å². The number of hydrogen-bond acceptors (Lipinski definition) is 10. The van der Waals surface area contributed by atoms with E-state index in [2.05, 4.69) is 35.2 Å². The highest BCUT2D eigenvalue weighted by atomic mass is 32.2. The Labute approximate surface area is 191 Å². The third-order valence-corrected chi connectivity index (χ3v) is 5.68. The van der Waals surface area contributed by atoms with E-state index in [-0.39, 0.29) is 23.3 Å². The number of carboxylic acid groups (broad SMARTS) is 1. The average Bonchev–Trinajstić information content (AvgIpc) is 3.27. The van der Waals surface area contributed by atoms with Gasteiger partial charge in [-0.1, -0.05) is 42.1 Å². The molecule has 3 heterocycles.